The third-order valence-electron chi connectivity index (χ3n) is 3.92. The van der Waals surface area contributed by atoms with Crippen LogP contribution < -0.4 is 0 Å². The first-order valence-corrected chi connectivity index (χ1v) is 9.86. The Hall–Kier alpha value is -2.30. The Morgan fingerprint density at radius 1 is 1.29 bits per heavy atom. The lowest BCUT2D eigenvalue weighted by molar-refractivity contribution is 0.418. The quantitative estimate of drug-likeness (QED) is 0.435. The average molecular weight is 440 g/mol. The van der Waals surface area contributed by atoms with Crippen LogP contribution in [0.2, 0.25) is 5.02 Å². The number of rotatable bonds is 6. The minimum Gasteiger partial charge on any atom is -0.334 e. The standard InChI is InChI=1S/C17H12ClF2N5OS2/c18-9-3-4-11(20)10(8-9)17-21-14(24-26-17)13(27)16-23-22-15(25(16)6-5-19)12-2-1-7-28-12/h1-4,7-8,13,27H,5-6H2. The molecule has 0 radical (unpaired) electrons. The van der Waals surface area contributed by atoms with Gasteiger partial charge in [0.05, 0.1) is 17.0 Å². The van der Waals surface area contributed by atoms with Gasteiger partial charge in [-0.15, -0.1) is 21.5 Å². The minimum atomic E-state index is -0.743. The number of thiol groups is 1. The number of thiophene rings is 1. The predicted molar refractivity (Wildman–Crippen MR) is 105 cm³/mol. The van der Waals surface area contributed by atoms with Crippen molar-refractivity contribution in [2.24, 2.45) is 0 Å². The maximum absolute atomic E-state index is 14.0. The number of hydrogen-bond acceptors (Lipinski definition) is 7. The maximum atomic E-state index is 14.0. The molecule has 4 aromatic rings. The topological polar surface area (TPSA) is 69.6 Å². The van der Waals surface area contributed by atoms with Crippen molar-refractivity contribution in [1.82, 2.24) is 24.9 Å². The first-order chi connectivity index (χ1) is 13.6. The zero-order valence-corrected chi connectivity index (χ0v) is 16.6. The zero-order chi connectivity index (χ0) is 19.7. The molecule has 0 spiro atoms. The molecule has 144 valence electrons. The van der Waals surface area contributed by atoms with Crippen molar-refractivity contribution < 1.29 is 13.3 Å². The number of benzene rings is 1. The highest BCUT2D eigenvalue weighted by atomic mass is 35.5. The molecule has 0 fully saturated rings. The maximum Gasteiger partial charge on any atom is 0.261 e. The molecule has 28 heavy (non-hydrogen) atoms. The summed E-state index contributed by atoms with van der Waals surface area (Å²) in [5.41, 5.74) is 0.0799. The molecule has 0 aliphatic carbocycles. The average Bonchev–Trinajstić information content (AvgIpc) is 3.43. The third kappa shape index (κ3) is 3.54. The zero-order valence-electron chi connectivity index (χ0n) is 14.1. The van der Waals surface area contributed by atoms with Crippen LogP contribution in [0.3, 0.4) is 0 Å². The second-order valence-corrected chi connectivity index (χ2v) is 7.58. The Labute approximate surface area is 172 Å². The Balaban J connectivity index is 1.70. The van der Waals surface area contributed by atoms with Gasteiger partial charge in [0.2, 0.25) is 0 Å². The highest BCUT2D eigenvalue weighted by molar-refractivity contribution is 7.80. The molecule has 0 aliphatic heterocycles. The minimum absolute atomic E-state index is 0.0379. The lowest BCUT2D eigenvalue weighted by Gasteiger charge is -2.10. The van der Waals surface area contributed by atoms with Crippen molar-refractivity contribution in [1.29, 1.82) is 0 Å². The molecule has 0 N–H and O–H groups in total. The van der Waals surface area contributed by atoms with Gasteiger partial charge in [-0.1, -0.05) is 22.8 Å². The molecule has 11 heteroatoms. The number of nitrogens with zero attached hydrogens (tertiary/aromatic N) is 5. The Morgan fingerprint density at radius 3 is 2.89 bits per heavy atom. The van der Waals surface area contributed by atoms with Gasteiger partial charge < -0.3 is 9.09 Å². The van der Waals surface area contributed by atoms with Crippen LogP contribution in [0.4, 0.5) is 8.78 Å². The van der Waals surface area contributed by atoms with Gasteiger partial charge in [0.25, 0.3) is 5.89 Å². The monoisotopic (exact) mass is 439 g/mol. The van der Waals surface area contributed by atoms with Gasteiger partial charge in [-0.3, -0.25) is 0 Å². The normalized spacial score (nSPS) is 12.4. The molecule has 1 aromatic carbocycles. The smallest absolute Gasteiger partial charge is 0.261 e. The van der Waals surface area contributed by atoms with Crippen LogP contribution in [0.25, 0.3) is 22.2 Å². The van der Waals surface area contributed by atoms with E-state index in [0.29, 0.717) is 16.7 Å². The first-order valence-electron chi connectivity index (χ1n) is 8.08. The van der Waals surface area contributed by atoms with E-state index in [2.05, 4.69) is 33.0 Å². The van der Waals surface area contributed by atoms with Crippen LogP contribution in [0.1, 0.15) is 16.9 Å². The molecule has 1 unspecified atom stereocenters. The second kappa shape index (κ2) is 7.98. The number of halogens is 3. The van der Waals surface area contributed by atoms with E-state index >= 15 is 0 Å². The van der Waals surface area contributed by atoms with Crippen molar-refractivity contribution in [3.8, 4) is 22.2 Å². The largest absolute Gasteiger partial charge is 0.334 e. The summed E-state index contributed by atoms with van der Waals surface area (Å²) in [6.45, 7) is -0.546. The molecule has 1 atom stereocenters. The van der Waals surface area contributed by atoms with Crippen molar-refractivity contribution in [2.75, 3.05) is 6.67 Å². The van der Waals surface area contributed by atoms with Gasteiger partial charge in [-0.05, 0) is 29.6 Å². The molecular formula is C17H12ClF2N5OS2. The van der Waals surface area contributed by atoms with Crippen molar-refractivity contribution in [3.05, 3.63) is 58.2 Å². The SMILES string of the molecule is FCCn1c(-c2cccs2)nnc1C(S)c1noc(-c2cc(Cl)ccc2F)n1. The highest BCUT2D eigenvalue weighted by Gasteiger charge is 2.26. The molecule has 0 saturated carbocycles. The van der Waals surface area contributed by atoms with Crippen LogP contribution in [0, 0.1) is 5.82 Å². The molecule has 3 heterocycles. The third-order valence-corrected chi connectivity index (χ3v) is 5.48. The second-order valence-electron chi connectivity index (χ2n) is 5.68. The summed E-state index contributed by atoms with van der Waals surface area (Å²) in [4.78, 5) is 5.06. The molecule has 3 aromatic heterocycles. The molecule has 4 rings (SSSR count). The van der Waals surface area contributed by atoms with E-state index < -0.39 is 17.7 Å². The van der Waals surface area contributed by atoms with Crippen molar-refractivity contribution >= 4 is 35.6 Å². The van der Waals surface area contributed by atoms with Gasteiger partial charge in [0.1, 0.15) is 17.7 Å². The van der Waals surface area contributed by atoms with E-state index in [1.165, 1.54) is 29.5 Å². The number of hydrogen-bond donors (Lipinski definition) is 1. The van der Waals surface area contributed by atoms with Crippen LogP contribution in [-0.4, -0.2) is 31.6 Å². The molecule has 0 bridgehead atoms. The molecule has 6 nitrogen and oxygen atoms in total. The van der Waals surface area contributed by atoms with Gasteiger partial charge in [-0.2, -0.15) is 17.6 Å². The molecule has 0 amide bonds. The van der Waals surface area contributed by atoms with E-state index in [0.717, 1.165) is 4.88 Å². The summed E-state index contributed by atoms with van der Waals surface area (Å²) in [7, 11) is 0. The van der Waals surface area contributed by atoms with E-state index in [1.54, 1.807) is 4.57 Å². The van der Waals surface area contributed by atoms with Gasteiger partial charge in [0.15, 0.2) is 17.5 Å². The first kappa shape index (κ1) is 19.0. The van der Waals surface area contributed by atoms with E-state index in [-0.39, 0.29) is 23.8 Å². The fourth-order valence-corrected chi connectivity index (χ4v) is 3.83. The Bertz CT molecular complexity index is 1100. The van der Waals surface area contributed by atoms with E-state index in [1.807, 2.05) is 17.5 Å². The summed E-state index contributed by atoms with van der Waals surface area (Å²) >= 11 is 11.9. The Morgan fingerprint density at radius 2 is 2.14 bits per heavy atom. The highest BCUT2D eigenvalue weighted by Crippen LogP contribution is 2.32. The molecule has 0 saturated heterocycles. The Kier molecular flexibility index (Phi) is 5.42. The summed E-state index contributed by atoms with van der Waals surface area (Å²) in [6, 6.07) is 7.77. The summed E-state index contributed by atoms with van der Waals surface area (Å²) in [5, 5.41) is 13.7. The van der Waals surface area contributed by atoms with Gasteiger partial charge in [-0.25, -0.2) is 8.78 Å². The van der Waals surface area contributed by atoms with E-state index in [9.17, 15) is 8.78 Å². The molecule has 0 aliphatic rings. The van der Waals surface area contributed by atoms with Gasteiger partial charge >= 0.3 is 0 Å². The van der Waals surface area contributed by atoms with Crippen LogP contribution in [0.5, 0.6) is 0 Å². The van der Waals surface area contributed by atoms with Crippen LogP contribution >= 0.6 is 35.6 Å². The number of alkyl halides is 1. The van der Waals surface area contributed by atoms with Gasteiger partial charge in [0, 0.05) is 5.02 Å². The van der Waals surface area contributed by atoms with Crippen LogP contribution in [0.15, 0.2) is 40.2 Å². The van der Waals surface area contributed by atoms with E-state index in [4.69, 9.17) is 16.1 Å². The van der Waals surface area contributed by atoms with Crippen molar-refractivity contribution in [3.63, 3.8) is 0 Å². The van der Waals surface area contributed by atoms with Crippen molar-refractivity contribution in [2.45, 2.75) is 11.8 Å². The fraction of sp³-hybridized carbons (Fsp3) is 0.176. The predicted octanol–water partition coefficient (Wildman–Crippen LogP) is 4.84. The lowest BCUT2D eigenvalue weighted by Crippen LogP contribution is -2.10. The summed E-state index contributed by atoms with van der Waals surface area (Å²) in [5.74, 6) is 0.470. The molecular weight excluding hydrogens is 428 g/mol. The lowest BCUT2D eigenvalue weighted by atomic mass is 10.2. The summed E-state index contributed by atoms with van der Waals surface area (Å²) in [6.07, 6.45) is 0. The summed E-state index contributed by atoms with van der Waals surface area (Å²) < 4.78 is 34.0. The fourth-order valence-electron chi connectivity index (χ4n) is 2.64. The van der Waals surface area contributed by atoms with Crippen LogP contribution in [-0.2, 0) is 6.54 Å². The number of aromatic nitrogens is 5.